The second-order valence-electron chi connectivity index (χ2n) is 10.9. The smallest absolute Gasteiger partial charge is 0.303 e. The number of unbranched alkanes of at least 4 members (excludes halogenated alkanes) is 2. The summed E-state index contributed by atoms with van der Waals surface area (Å²) >= 11 is 0. The first-order valence-corrected chi connectivity index (χ1v) is 14.5. The first kappa shape index (κ1) is 28.4. The molecule has 0 spiro atoms. The molecule has 0 saturated heterocycles. The summed E-state index contributed by atoms with van der Waals surface area (Å²) in [6.45, 7) is 8.97. The molecule has 2 aliphatic heterocycles. The minimum absolute atomic E-state index is 0.133. The zero-order valence-corrected chi connectivity index (χ0v) is 23.6. The quantitative estimate of drug-likeness (QED) is 0.208. The van der Waals surface area contributed by atoms with Crippen LogP contribution in [-0.4, -0.2) is 41.3 Å². The number of allylic oxidation sites excluding steroid dienone is 6. The van der Waals surface area contributed by atoms with Crippen molar-refractivity contribution in [3.05, 3.63) is 83.7 Å². The number of aliphatic carboxylic acids is 1. The Morgan fingerprint density at radius 3 is 2.46 bits per heavy atom. The Morgan fingerprint density at radius 1 is 1.00 bits per heavy atom. The predicted octanol–water partition coefficient (Wildman–Crippen LogP) is 6.13. The van der Waals surface area contributed by atoms with E-state index in [1.807, 2.05) is 50.3 Å². The molecule has 0 amide bonds. The summed E-state index contributed by atoms with van der Waals surface area (Å²) in [6.07, 6.45) is 13.9. The van der Waals surface area contributed by atoms with Gasteiger partial charge in [-0.15, -0.1) is 0 Å². The molecular formula is C30H35N3O5S. The van der Waals surface area contributed by atoms with Crippen LogP contribution in [0.5, 0.6) is 0 Å². The molecule has 9 heteroatoms. The molecule has 0 aliphatic carbocycles. The van der Waals surface area contributed by atoms with Crippen LogP contribution < -0.4 is 4.90 Å². The molecule has 3 heterocycles. The van der Waals surface area contributed by atoms with Gasteiger partial charge in [0.2, 0.25) is 0 Å². The number of aromatic nitrogens is 1. The summed E-state index contributed by atoms with van der Waals surface area (Å²) in [5.41, 5.74) is 3.97. The van der Waals surface area contributed by atoms with Crippen LogP contribution >= 0.6 is 0 Å². The molecule has 2 N–H and O–H groups in total. The molecule has 0 unspecified atom stereocenters. The summed E-state index contributed by atoms with van der Waals surface area (Å²) < 4.78 is 33.3. The third kappa shape index (κ3) is 5.89. The number of nitrogens with zero attached hydrogens (tertiary/aromatic N) is 3. The minimum atomic E-state index is -4.34. The molecule has 1 aromatic heterocycles. The van der Waals surface area contributed by atoms with Gasteiger partial charge in [0.15, 0.2) is 5.82 Å². The maximum absolute atomic E-state index is 11.8. The van der Waals surface area contributed by atoms with E-state index in [2.05, 4.69) is 34.8 Å². The lowest BCUT2D eigenvalue weighted by Gasteiger charge is -2.27. The van der Waals surface area contributed by atoms with Gasteiger partial charge >= 0.3 is 5.97 Å². The van der Waals surface area contributed by atoms with Gasteiger partial charge in [-0.2, -0.15) is 8.42 Å². The molecule has 0 bridgehead atoms. The highest BCUT2D eigenvalue weighted by Crippen LogP contribution is 2.48. The highest BCUT2D eigenvalue weighted by atomic mass is 32.2. The fraction of sp³-hybridized carbons (Fsp3) is 0.367. The van der Waals surface area contributed by atoms with Crippen LogP contribution in [0.15, 0.2) is 82.5 Å². The Kier molecular flexibility index (Phi) is 7.95. The molecule has 0 fully saturated rings. The van der Waals surface area contributed by atoms with Crippen molar-refractivity contribution in [2.75, 3.05) is 11.4 Å². The molecule has 206 valence electrons. The van der Waals surface area contributed by atoms with Crippen LogP contribution in [0.25, 0.3) is 0 Å². The molecule has 8 nitrogen and oxygen atoms in total. The number of fused-ring (bicyclic) bond motifs is 2. The van der Waals surface area contributed by atoms with Gasteiger partial charge in [-0.25, -0.2) is 9.98 Å². The largest absolute Gasteiger partial charge is 0.481 e. The lowest BCUT2D eigenvalue weighted by Crippen LogP contribution is -2.27. The van der Waals surface area contributed by atoms with Crippen LogP contribution in [0, 0.1) is 0 Å². The average Bonchev–Trinajstić information content (AvgIpc) is 3.24. The van der Waals surface area contributed by atoms with Gasteiger partial charge in [-0.1, -0.05) is 58.4 Å². The number of carboxylic acid groups (broad SMARTS) is 1. The molecule has 1 aromatic carbocycles. The number of benzene rings is 1. The fourth-order valence-electron chi connectivity index (χ4n) is 5.25. The first-order valence-electron chi connectivity index (χ1n) is 13.0. The van der Waals surface area contributed by atoms with E-state index in [9.17, 15) is 17.8 Å². The number of hydrogen-bond donors (Lipinski definition) is 2. The van der Waals surface area contributed by atoms with Gasteiger partial charge in [0.05, 0.1) is 10.6 Å². The molecule has 2 aliphatic rings. The van der Waals surface area contributed by atoms with E-state index in [0.29, 0.717) is 13.0 Å². The van der Waals surface area contributed by atoms with Crippen molar-refractivity contribution in [1.29, 1.82) is 0 Å². The van der Waals surface area contributed by atoms with Crippen molar-refractivity contribution >= 4 is 33.3 Å². The lowest BCUT2D eigenvalue weighted by atomic mass is 9.82. The second kappa shape index (κ2) is 10.9. The normalized spacial score (nSPS) is 18.6. The Hall–Kier alpha value is -3.56. The zero-order chi connectivity index (χ0) is 28.4. The highest BCUT2D eigenvalue weighted by molar-refractivity contribution is 7.85. The third-order valence-corrected chi connectivity index (χ3v) is 8.34. The summed E-state index contributed by atoms with van der Waals surface area (Å²) in [7, 11) is -4.34. The molecule has 4 rings (SSSR count). The van der Waals surface area contributed by atoms with E-state index in [0.717, 1.165) is 46.9 Å². The zero-order valence-electron chi connectivity index (χ0n) is 22.8. The van der Waals surface area contributed by atoms with Crippen LogP contribution in [0.2, 0.25) is 0 Å². The van der Waals surface area contributed by atoms with Crippen molar-refractivity contribution < 1.29 is 22.9 Å². The summed E-state index contributed by atoms with van der Waals surface area (Å²) in [4.78, 5) is 22.0. The number of anilines is 1. The SMILES string of the molecule is CC1(C)C(/C=C/C=C/C=C2\N(CCCCCC(=O)O)c3ccc(S(=O)(=O)O)cc3C2(C)C)=Nc2ncccc21. The second-order valence-corrected chi connectivity index (χ2v) is 12.3. The Labute approximate surface area is 230 Å². The number of hydrogen-bond acceptors (Lipinski definition) is 6. The van der Waals surface area contributed by atoms with Crippen molar-refractivity contribution in [3.63, 3.8) is 0 Å². The predicted molar refractivity (Wildman–Crippen MR) is 153 cm³/mol. The lowest BCUT2D eigenvalue weighted by molar-refractivity contribution is -0.137. The van der Waals surface area contributed by atoms with E-state index in [1.165, 1.54) is 6.07 Å². The third-order valence-electron chi connectivity index (χ3n) is 7.49. The number of rotatable bonds is 10. The van der Waals surface area contributed by atoms with Gasteiger partial charge in [0.1, 0.15) is 0 Å². The molecule has 0 atom stereocenters. The first-order chi connectivity index (χ1) is 18.3. The van der Waals surface area contributed by atoms with Gasteiger partial charge < -0.3 is 10.0 Å². The maximum Gasteiger partial charge on any atom is 0.303 e. The van der Waals surface area contributed by atoms with Crippen molar-refractivity contribution in [3.8, 4) is 0 Å². The molecule has 39 heavy (non-hydrogen) atoms. The van der Waals surface area contributed by atoms with Crippen LogP contribution in [0.3, 0.4) is 0 Å². The minimum Gasteiger partial charge on any atom is -0.481 e. The van der Waals surface area contributed by atoms with Crippen molar-refractivity contribution in [2.24, 2.45) is 4.99 Å². The number of carboxylic acids is 1. The molecule has 0 saturated carbocycles. The van der Waals surface area contributed by atoms with Crippen molar-refractivity contribution in [2.45, 2.75) is 69.1 Å². The van der Waals surface area contributed by atoms with Crippen molar-refractivity contribution in [1.82, 2.24) is 4.98 Å². The Bertz CT molecular complexity index is 1500. The number of carbonyl (C=O) groups is 1. The van der Waals surface area contributed by atoms with Gasteiger partial charge in [0.25, 0.3) is 10.1 Å². The summed E-state index contributed by atoms with van der Waals surface area (Å²) in [5, 5.41) is 8.93. The Morgan fingerprint density at radius 2 is 1.77 bits per heavy atom. The number of pyridine rings is 1. The van der Waals surface area contributed by atoms with E-state index in [1.54, 1.807) is 18.3 Å². The fourth-order valence-corrected chi connectivity index (χ4v) is 5.75. The van der Waals surface area contributed by atoms with Crippen LogP contribution in [-0.2, 0) is 25.7 Å². The summed E-state index contributed by atoms with van der Waals surface area (Å²) in [5.74, 6) is -0.0479. The van der Waals surface area contributed by atoms with E-state index in [-0.39, 0.29) is 16.7 Å². The van der Waals surface area contributed by atoms with E-state index in [4.69, 9.17) is 5.11 Å². The van der Waals surface area contributed by atoms with E-state index >= 15 is 0 Å². The van der Waals surface area contributed by atoms with Crippen LogP contribution in [0.4, 0.5) is 11.5 Å². The van der Waals surface area contributed by atoms with Crippen LogP contribution in [0.1, 0.15) is 64.5 Å². The molecule has 0 radical (unpaired) electrons. The van der Waals surface area contributed by atoms with Gasteiger partial charge in [-0.05, 0) is 54.8 Å². The van der Waals surface area contributed by atoms with E-state index < -0.39 is 21.5 Å². The average molecular weight is 550 g/mol. The standard InChI is InChI=1S/C30H35N3O5S/c1-29(2)22-12-11-18-31-28(22)32-25(29)13-7-5-8-14-26-30(3,4)23-20-21(39(36,37)38)16-17-24(23)33(26)19-10-6-9-15-27(34)35/h5,7-8,11-14,16-18,20H,6,9-10,15,19H2,1-4H3,(H,34,35)(H,36,37,38)/b8-5+,13-7+,26-14-. The highest BCUT2D eigenvalue weighted by Gasteiger charge is 2.40. The Balaban J connectivity index is 1.58. The topological polar surface area (TPSA) is 120 Å². The van der Waals surface area contributed by atoms with Gasteiger partial charge in [0, 0.05) is 46.9 Å². The monoisotopic (exact) mass is 549 g/mol. The number of aliphatic imine (C=N–C) groups is 1. The maximum atomic E-state index is 11.8. The molecule has 2 aromatic rings. The molecular weight excluding hydrogens is 514 g/mol. The van der Waals surface area contributed by atoms with Gasteiger partial charge in [-0.3, -0.25) is 9.35 Å². The summed E-state index contributed by atoms with van der Waals surface area (Å²) in [6, 6.07) is 8.66.